The summed E-state index contributed by atoms with van der Waals surface area (Å²) in [7, 11) is 0. The van der Waals surface area contributed by atoms with Gasteiger partial charge in [0.15, 0.2) is 0 Å². The Hall–Kier alpha value is -2.83. The van der Waals surface area contributed by atoms with Crippen LogP contribution < -0.4 is 10.2 Å². The van der Waals surface area contributed by atoms with Gasteiger partial charge >= 0.3 is 6.03 Å². The van der Waals surface area contributed by atoms with E-state index < -0.39 is 17.8 Å². The number of benzene rings is 2. The Bertz CT molecular complexity index is 940. The van der Waals surface area contributed by atoms with Gasteiger partial charge in [0.05, 0.1) is 5.69 Å². The van der Waals surface area contributed by atoms with Crippen molar-refractivity contribution in [2.24, 2.45) is 0 Å². The van der Waals surface area contributed by atoms with Crippen molar-refractivity contribution < 1.29 is 19.5 Å². The molecule has 3 rings (SSSR count). The van der Waals surface area contributed by atoms with Gasteiger partial charge in [0, 0.05) is 15.6 Å². The molecular formula is C17H10Cl2N2O4. The number of halogens is 2. The Balaban J connectivity index is 2.07. The number of carbonyl (C=O) groups excluding carboxylic acids is 3. The second-order valence-corrected chi connectivity index (χ2v) is 6.01. The minimum Gasteiger partial charge on any atom is -0.507 e. The summed E-state index contributed by atoms with van der Waals surface area (Å²) < 4.78 is 0. The zero-order valence-electron chi connectivity index (χ0n) is 12.5. The molecule has 126 valence electrons. The van der Waals surface area contributed by atoms with Crippen molar-refractivity contribution in [3.8, 4) is 5.75 Å². The first-order valence-corrected chi connectivity index (χ1v) is 7.78. The Labute approximate surface area is 152 Å². The normalized spacial score (nSPS) is 16.3. The van der Waals surface area contributed by atoms with Crippen molar-refractivity contribution in [3.05, 3.63) is 63.6 Å². The number of imide groups is 2. The van der Waals surface area contributed by atoms with Crippen LogP contribution in [0.1, 0.15) is 5.56 Å². The average Bonchev–Trinajstić information content (AvgIpc) is 2.54. The van der Waals surface area contributed by atoms with E-state index in [0.29, 0.717) is 10.0 Å². The number of barbiturate groups is 1. The van der Waals surface area contributed by atoms with Crippen molar-refractivity contribution in [3.63, 3.8) is 0 Å². The Kier molecular flexibility index (Phi) is 4.48. The summed E-state index contributed by atoms with van der Waals surface area (Å²) in [6.07, 6.45) is 1.17. The third-order valence-electron chi connectivity index (χ3n) is 3.46. The van der Waals surface area contributed by atoms with E-state index in [1.54, 1.807) is 12.1 Å². The molecule has 1 heterocycles. The third-order valence-corrected chi connectivity index (χ3v) is 3.93. The number of aromatic hydroxyl groups is 1. The van der Waals surface area contributed by atoms with Crippen LogP contribution in [0.2, 0.25) is 10.0 Å². The lowest BCUT2D eigenvalue weighted by atomic mass is 10.1. The van der Waals surface area contributed by atoms with Crippen LogP contribution in [0.25, 0.3) is 6.08 Å². The monoisotopic (exact) mass is 376 g/mol. The van der Waals surface area contributed by atoms with Crippen LogP contribution in [0.4, 0.5) is 10.5 Å². The van der Waals surface area contributed by atoms with Gasteiger partial charge in [-0.1, -0.05) is 29.3 Å². The molecule has 1 aliphatic heterocycles. The van der Waals surface area contributed by atoms with Gasteiger partial charge in [0.25, 0.3) is 11.8 Å². The fraction of sp³-hybridized carbons (Fsp3) is 0. The Morgan fingerprint density at radius 2 is 1.72 bits per heavy atom. The van der Waals surface area contributed by atoms with E-state index in [2.05, 4.69) is 5.32 Å². The van der Waals surface area contributed by atoms with Gasteiger partial charge in [-0.15, -0.1) is 0 Å². The second kappa shape index (κ2) is 6.58. The maximum Gasteiger partial charge on any atom is 0.335 e. The third kappa shape index (κ3) is 3.35. The number of carbonyl (C=O) groups is 3. The number of nitrogens with one attached hydrogen (secondary N) is 1. The number of urea groups is 1. The first-order chi connectivity index (χ1) is 11.9. The minimum atomic E-state index is -0.885. The van der Waals surface area contributed by atoms with Gasteiger partial charge in [-0.05, 0) is 42.5 Å². The second-order valence-electron chi connectivity index (χ2n) is 5.14. The quantitative estimate of drug-likeness (QED) is 0.621. The Morgan fingerprint density at radius 1 is 1.00 bits per heavy atom. The molecule has 0 radical (unpaired) electrons. The van der Waals surface area contributed by atoms with E-state index >= 15 is 0 Å². The number of phenolic OH excluding ortho intramolecular Hbond substituents is 1. The summed E-state index contributed by atoms with van der Waals surface area (Å²) in [6, 6.07) is 9.39. The van der Waals surface area contributed by atoms with E-state index in [1.807, 2.05) is 0 Å². The minimum absolute atomic E-state index is 0.163. The molecule has 25 heavy (non-hydrogen) atoms. The maximum atomic E-state index is 12.7. The fourth-order valence-corrected chi connectivity index (χ4v) is 2.67. The highest BCUT2D eigenvalue weighted by Crippen LogP contribution is 2.27. The Morgan fingerprint density at radius 3 is 2.44 bits per heavy atom. The number of amides is 4. The van der Waals surface area contributed by atoms with Crippen LogP contribution >= 0.6 is 23.2 Å². The van der Waals surface area contributed by atoms with Gasteiger partial charge in [0.1, 0.15) is 11.3 Å². The van der Waals surface area contributed by atoms with Crippen molar-refractivity contribution in [2.75, 3.05) is 4.90 Å². The largest absolute Gasteiger partial charge is 0.507 e. The number of hydrogen-bond acceptors (Lipinski definition) is 4. The molecule has 1 fully saturated rings. The number of hydrogen-bond donors (Lipinski definition) is 2. The molecule has 0 aliphatic carbocycles. The van der Waals surface area contributed by atoms with Crippen LogP contribution in [0.15, 0.2) is 48.0 Å². The summed E-state index contributed by atoms with van der Waals surface area (Å²) >= 11 is 11.8. The summed E-state index contributed by atoms with van der Waals surface area (Å²) in [5.74, 6) is -1.87. The lowest BCUT2D eigenvalue weighted by Gasteiger charge is -2.26. The highest BCUT2D eigenvalue weighted by atomic mass is 35.5. The molecule has 2 N–H and O–H groups in total. The van der Waals surface area contributed by atoms with E-state index in [9.17, 15) is 19.5 Å². The molecule has 4 amide bonds. The molecule has 2 aromatic carbocycles. The van der Waals surface area contributed by atoms with Crippen LogP contribution in [0, 0.1) is 0 Å². The van der Waals surface area contributed by atoms with Gasteiger partial charge < -0.3 is 5.11 Å². The summed E-state index contributed by atoms with van der Waals surface area (Å²) in [5.41, 5.74) is 0.0623. The van der Waals surface area contributed by atoms with E-state index in [-0.39, 0.29) is 22.6 Å². The SMILES string of the molecule is O=C1NC(=O)N(c2cccc(Cl)c2)C(=O)/C1=C/c1cc(Cl)ccc1O. The first-order valence-electron chi connectivity index (χ1n) is 7.02. The molecule has 1 aliphatic rings. The van der Waals surface area contributed by atoms with Crippen LogP contribution in [0.3, 0.4) is 0 Å². The number of phenols is 1. The fourth-order valence-electron chi connectivity index (χ4n) is 2.30. The molecule has 2 aromatic rings. The molecule has 6 nitrogen and oxygen atoms in total. The van der Waals surface area contributed by atoms with Gasteiger partial charge in [0.2, 0.25) is 0 Å². The molecule has 0 unspecified atom stereocenters. The zero-order chi connectivity index (χ0) is 18.1. The molecule has 0 aromatic heterocycles. The van der Waals surface area contributed by atoms with Gasteiger partial charge in [-0.25, -0.2) is 9.69 Å². The lowest BCUT2D eigenvalue weighted by molar-refractivity contribution is -0.122. The lowest BCUT2D eigenvalue weighted by Crippen LogP contribution is -2.54. The van der Waals surface area contributed by atoms with Crippen molar-refractivity contribution in [1.29, 1.82) is 0 Å². The topological polar surface area (TPSA) is 86.7 Å². The molecular weight excluding hydrogens is 367 g/mol. The van der Waals surface area contributed by atoms with E-state index in [0.717, 1.165) is 4.90 Å². The highest BCUT2D eigenvalue weighted by Gasteiger charge is 2.37. The molecule has 0 saturated carbocycles. The average molecular weight is 377 g/mol. The number of rotatable bonds is 2. The molecule has 0 spiro atoms. The predicted octanol–water partition coefficient (Wildman–Crippen LogP) is 3.37. The van der Waals surface area contributed by atoms with E-state index in [4.69, 9.17) is 23.2 Å². The highest BCUT2D eigenvalue weighted by molar-refractivity contribution is 6.39. The van der Waals surface area contributed by atoms with Crippen LogP contribution in [-0.4, -0.2) is 23.0 Å². The summed E-state index contributed by atoms with van der Waals surface area (Å²) in [5, 5.41) is 12.6. The van der Waals surface area contributed by atoms with Crippen molar-refractivity contribution >= 4 is 52.8 Å². The molecule has 0 bridgehead atoms. The zero-order valence-corrected chi connectivity index (χ0v) is 14.0. The predicted molar refractivity (Wildman–Crippen MR) is 93.6 cm³/mol. The number of anilines is 1. The van der Waals surface area contributed by atoms with E-state index in [1.165, 1.54) is 36.4 Å². The smallest absolute Gasteiger partial charge is 0.335 e. The van der Waals surface area contributed by atoms with Gasteiger partial charge in [-0.2, -0.15) is 0 Å². The standard InChI is InChI=1S/C17H10Cl2N2O4/c18-10-2-1-3-12(8-10)21-16(24)13(15(23)20-17(21)25)7-9-6-11(19)4-5-14(9)22/h1-8,22H,(H,20,23,25)/b13-7+. The van der Waals surface area contributed by atoms with Gasteiger partial charge in [-0.3, -0.25) is 14.9 Å². The molecule has 1 saturated heterocycles. The maximum absolute atomic E-state index is 12.7. The van der Waals surface area contributed by atoms with Crippen LogP contribution in [0.5, 0.6) is 5.75 Å². The summed E-state index contributed by atoms with van der Waals surface area (Å²) in [6.45, 7) is 0. The van der Waals surface area contributed by atoms with Crippen molar-refractivity contribution in [1.82, 2.24) is 5.32 Å². The number of nitrogens with zero attached hydrogens (tertiary/aromatic N) is 1. The molecule has 8 heteroatoms. The first kappa shape index (κ1) is 17.0. The van der Waals surface area contributed by atoms with Crippen LogP contribution in [-0.2, 0) is 9.59 Å². The summed E-state index contributed by atoms with van der Waals surface area (Å²) in [4.78, 5) is 37.6. The molecule has 0 atom stereocenters. The van der Waals surface area contributed by atoms with Crippen molar-refractivity contribution in [2.45, 2.75) is 0 Å².